The molecular weight excluding hydrogens is 458 g/mol. The number of nitrogens with zero attached hydrogens (tertiary/aromatic N) is 5. The van der Waals surface area contributed by atoms with E-state index in [2.05, 4.69) is 30.9 Å². The Morgan fingerprint density at radius 1 is 1.21 bits per heavy atom. The normalized spacial score (nSPS) is 17.0. The molecule has 4 aromatic rings. The minimum absolute atomic E-state index is 0.218. The number of fused-ring (bicyclic) bond motifs is 2. The van der Waals surface area contributed by atoms with E-state index in [-0.39, 0.29) is 10.6 Å². The Balaban J connectivity index is 1.44. The molecule has 0 atom stereocenters. The first kappa shape index (κ1) is 20.7. The molecule has 2 aliphatic heterocycles. The molecule has 6 rings (SSSR count). The molecule has 0 radical (unpaired) electrons. The van der Waals surface area contributed by atoms with Crippen molar-refractivity contribution >= 4 is 33.4 Å². The number of amides is 2. The van der Waals surface area contributed by atoms with Crippen LogP contribution >= 0.6 is 11.3 Å². The zero-order chi connectivity index (χ0) is 23.3. The number of H-pyrrole nitrogens is 1. The molecule has 4 heterocycles. The summed E-state index contributed by atoms with van der Waals surface area (Å²) in [6.07, 6.45) is 0.935. The van der Waals surface area contributed by atoms with E-state index >= 15 is 0 Å². The number of tetrazole rings is 1. The van der Waals surface area contributed by atoms with Crippen molar-refractivity contribution in [3.05, 3.63) is 47.0 Å². The summed E-state index contributed by atoms with van der Waals surface area (Å²) in [6, 6.07) is 10.5. The van der Waals surface area contributed by atoms with Crippen molar-refractivity contribution in [1.29, 1.82) is 0 Å². The number of hydrogen-bond acceptors (Lipinski definition) is 10. The summed E-state index contributed by atoms with van der Waals surface area (Å²) in [5.74, 6) is 0.524. The van der Waals surface area contributed by atoms with E-state index in [9.17, 15) is 9.59 Å². The Bertz CT molecular complexity index is 1410. The van der Waals surface area contributed by atoms with Crippen molar-refractivity contribution < 1.29 is 19.1 Å². The average Bonchev–Trinajstić information content (AvgIpc) is 3.54. The molecule has 1 spiro atoms. The summed E-state index contributed by atoms with van der Waals surface area (Å²) in [5.41, 5.74) is 0.432. The van der Waals surface area contributed by atoms with Gasteiger partial charge in [-0.05, 0) is 41.6 Å². The maximum atomic E-state index is 13.8. The highest BCUT2D eigenvalue weighted by Crippen LogP contribution is 2.41. The van der Waals surface area contributed by atoms with Gasteiger partial charge in [0.2, 0.25) is 5.82 Å². The highest BCUT2D eigenvalue weighted by Gasteiger charge is 2.51. The van der Waals surface area contributed by atoms with Gasteiger partial charge >= 0.3 is 0 Å². The summed E-state index contributed by atoms with van der Waals surface area (Å²) in [4.78, 5) is 33.4. The summed E-state index contributed by atoms with van der Waals surface area (Å²) in [7, 11) is 1.58. The number of benzene rings is 2. The van der Waals surface area contributed by atoms with Crippen LogP contribution < -0.4 is 14.8 Å². The number of ether oxygens (including phenoxy) is 2. The first-order valence-corrected chi connectivity index (χ1v) is 11.5. The number of rotatable bonds is 3. The monoisotopic (exact) mass is 477 g/mol. The van der Waals surface area contributed by atoms with E-state index in [1.165, 1.54) is 16.2 Å². The molecule has 0 unspecified atom stereocenters. The second-order valence-corrected chi connectivity index (χ2v) is 9.07. The van der Waals surface area contributed by atoms with Crippen LogP contribution in [0.4, 0.5) is 0 Å². The van der Waals surface area contributed by atoms with Crippen LogP contribution in [0.15, 0.2) is 36.4 Å². The highest BCUT2D eigenvalue weighted by atomic mass is 32.1. The van der Waals surface area contributed by atoms with E-state index in [1.807, 2.05) is 6.07 Å². The van der Waals surface area contributed by atoms with E-state index in [0.29, 0.717) is 54.3 Å². The minimum atomic E-state index is -1.09. The Hall–Kier alpha value is -3.90. The minimum Gasteiger partial charge on any atom is -0.497 e. The number of thiazole rings is 1. The third-order valence-corrected chi connectivity index (χ3v) is 7.10. The van der Waals surface area contributed by atoms with E-state index in [1.54, 1.807) is 37.4 Å². The van der Waals surface area contributed by atoms with Crippen LogP contribution in [0.1, 0.15) is 33.0 Å². The molecule has 0 saturated carbocycles. The number of aromatic nitrogens is 5. The molecule has 2 aromatic heterocycles. The lowest BCUT2D eigenvalue weighted by Gasteiger charge is -2.47. The maximum absolute atomic E-state index is 13.8. The van der Waals surface area contributed by atoms with Crippen LogP contribution in [0.25, 0.3) is 21.6 Å². The zero-order valence-electron chi connectivity index (χ0n) is 18.1. The molecular formula is C22H19N7O4S. The topological polar surface area (TPSA) is 135 Å². The van der Waals surface area contributed by atoms with Crippen LogP contribution in [-0.4, -0.2) is 68.2 Å². The lowest BCUT2D eigenvalue weighted by molar-refractivity contribution is -0.0776. The first-order chi connectivity index (χ1) is 16.6. The molecule has 2 amide bonds. The molecule has 0 bridgehead atoms. The summed E-state index contributed by atoms with van der Waals surface area (Å²) in [5, 5.41) is 17.4. The number of carbonyl (C=O) groups is 2. The average molecular weight is 478 g/mol. The third kappa shape index (κ3) is 3.22. The van der Waals surface area contributed by atoms with E-state index < -0.39 is 17.5 Å². The fourth-order valence-corrected chi connectivity index (χ4v) is 5.33. The van der Waals surface area contributed by atoms with Gasteiger partial charge in [0.1, 0.15) is 11.5 Å². The fraction of sp³-hybridized carbons (Fsp3) is 0.273. The summed E-state index contributed by atoms with van der Waals surface area (Å²) >= 11 is 1.22. The second kappa shape index (κ2) is 7.85. The van der Waals surface area contributed by atoms with Crippen molar-refractivity contribution in [1.82, 2.24) is 35.8 Å². The molecule has 1 saturated heterocycles. The number of hydrogen-bond donors (Lipinski definition) is 2. The van der Waals surface area contributed by atoms with E-state index in [0.717, 1.165) is 4.70 Å². The Morgan fingerprint density at radius 3 is 2.82 bits per heavy atom. The smallest absolute Gasteiger partial charge is 0.292 e. The second-order valence-electron chi connectivity index (χ2n) is 8.04. The summed E-state index contributed by atoms with van der Waals surface area (Å²) < 4.78 is 12.5. The molecule has 0 aliphatic carbocycles. The van der Waals surface area contributed by atoms with Gasteiger partial charge in [-0.1, -0.05) is 0 Å². The molecule has 2 aromatic carbocycles. The number of methoxy groups -OCH3 is 1. The van der Waals surface area contributed by atoms with Crippen LogP contribution in [0.5, 0.6) is 11.5 Å². The predicted molar refractivity (Wildman–Crippen MR) is 122 cm³/mol. The number of carbonyl (C=O) groups excluding carboxylic acids is 2. The van der Waals surface area contributed by atoms with Crippen molar-refractivity contribution in [3.63, 3.8) is 0 Å². The van der Waals surface area contributed by atoms with Gasteiger partial charge in [0.05, 0.1) is 22.9 Å². The molecule has 2 N–H and O–H groups in total. The van der Waals surface area contributed by atoms with Crippen LogP contribution in [0.3, 0.4) is 0 Å². The van der Waals surface area contributed by atoms with Gasteiger partial charge < -0.3 is 14.8 Å². The Labute approximate surface area is 197 Å². The van der Waals surface area contributed by atoms with Crippen LogP contribution in [0.2, 0.25) is 0 Å². The fourth-order valence-electron chi connectivity index (χ4n) is 4.40. The van der Waals surface area contributed by atoms with Crippen LogP contribution in [0, 0.1) is 0 Å². The SMILES string of the molecule is COc1ccc2nc(C(=O)N3C(=O)c4cc(-c5nn[nH]n5)ccc4OC34CCNCC4)sc2c1. The number of imide groups is 1. The standard InChI is InChI=1S/C22H19N7O4S/c1-32-13-3-4-15-17(11-13)34-19(24-15)21(31)29-20(30)14-10-12(18-25-27-28-26-18)2-5-16(14)33-22(29)6-8-23-9-7-22/h2-5,10-11,23H,6-9H2,1H3,(H,25,26,27,28). The molecule has 34 heavy (non-hydrogen) atoms. The quantitative estimate of drug-likeness (QED) is 0.426. The Morgan fingerprint density at radius 2 is 2.06 bits per heavy atom. The lowest BCUT2D eigenvalue weighted by Crippen LogP contribution is -2.64. The molecule has 12 heteroatoms. The van der Waals surface area contributed by atoms with E-state index in [4.69, 9.17) is 9.47 Å². The third-order valence-electron chi connectivity index (χ3n) is 6.09. The van der Waals surface area contributed by atoms with Gasteiger partial charge in [-0.2, -0.15) is 5.21 Å². The van der Waals surface area contributed by atoms with Gasteiger partial charge in [-0.3, -0.25) is 9.59 Å². The summed E-state index contributed by atoms with van der Waals surface area (Å²) in [6.45, 7) is 1.23. The van der Waals surface area contributed by atoms with Crippen molar-refractivity contribution in [3.8, 4) is 22.9 Å². The zero-order valence-corrected chi connectivity index (χ0v) is 18.9. The lowest BCUT2D eigenvalue weighted by atomic mass is 9.94. The van der Waals surface area contributed by atoms with Gasteiger partial charge in [0.15, 0.2) is 10.7 Å². The van der Waals surface area contributed by atoms with Gasteiger partial charge in [0.25, 0.3) is 11.8 Å². The first-order valence-electron chi connectivity index (χ1n) is 10.7. The highest BCUT2D eigenvalue weighted by molar-refractivity contribution is 7.20. The number of nitrogens with one attached hydrogen (secondary N) is 2. The Kier molecular flexibility index (Phi) is 4.78. The molecule has 1 fully saturated rings. The van der Waals surface area contributed by atoms with Gasteiger partial charge in [0, 0.05) is 31.5 Å². The van der Waals surface area contributed by atoms with Gasteiger partial charge in [-0.25, -0.2) is 9.88 Å². The maximum Gasteiger partial charge on any atom is 0.292 e. The number of aromatic amines is 1. The largest absolute Gasteiger partial charge is 0.497 e. The number of piperidine rings is 1. The van der Waals surface area contributed by atoms with Gasteiger partial charge in [-0.15, -0.1) is 21.5 Å². The molecule has 172 valence electrons. The molecule has 11 nitrogen and oxygen atoms in total. The van der Waals surface area contributed by atoms with Crippen molar-refractivity contribution in [2.75, 3.05) is 20.2 Å². The predicted octanol–water partition coefficient (Wildman–Crippen LogP) is 2.24. The molecule has 2 aliphatic rings. The van der Waals surface area contributed by atoms with Crippen molar-refractivity contribution in [2.24, 2.45) is 0 Å². The van der Waals surface area contributed by atoms with Crippen molar-refractivity contribution in [2.45, 2.75) is 18.6 Å². The van der Waals surface area contributed by atoms with Crippen LogP contribution in [-0.2, 0) is 0 Å².